The highest BCUT2D eigenvalue weighted by Crippen LogP contribution is 2.45. The first kappa shape index (κ1) is 20.1. The van der Waals surface area contributed by atoms with E-state index < -0.39 is 0 Å². The van der Waals surface area contributed by atoms with Gasteiger partial charge < -0.3 is 9.84 Å². The molecule has 2 aromatic carbocycles. The van der Waals surface area contributed by atoms with Crippen LogP contribution < -0.4 is 14.8 Å². The van der Waals surface area contributed by atoms with Gasteiger partial charge in [0.05, 0.1) is 13.3 Å². The second-order valence-corrected chi connectivity index (χ2v) is 8.24. The van der Waals surface area contributed by atoms with Crippen molar-refractivity contribution in [3.63, 3.8) is 0 Å². The zero-order valence-electron chi connectivity index (χ0n) is 17.0. The number of methoxy groups -OCH3 is 1. The molecule has 30 heavy (non-hydrogen) atoms. The highest BCUT2D eigenvalue weighted by atomic mass is 32.1. The van der Waals surface area contributed by atoms with Crippen molar-refractivity contribution in [1.82, 2.24) is 10.1 Å². The standard InChI is InChI=1S/C22H22N4O3S/c1-14-15(2)30-21-20(14)26(28,17-7-5-4-6-8-17)13-23-22(21)25-24-12-16-9-10-19(29-3)18(27)11-16/h4-12,28H,13H2,1-3H3,(H-,23,25,27)/p+1. The van der Waals surface area contributed by atoms with Crippen molar-refractivity contribution >= 4 is 34.8 Å². The van der Waals surface area contributed by atoms with E-state index in [0.29, 0.717) is 17.1 Å². The Morgan fingerprint density at radius 3 is 2.67 bits per heavy atom. The molecule has 0 radical (unpaired) electrons. The summed E-state index contributed by atoms with van der Waals surface area (Å²) < 4.78 is 4.69. The predicted octanol–water partition coefficient (Wildman–Crippen LogP) is 4.45. The quantitative estimate of drug-likeness (QED) is 0.329. The fourth-order valence-electron chi connectivity index (χ4n) is 3.46. The minimum Gasteiger partial charge on any atom is -0.504 e. The molecule has 0 amide bonds. The van der Waals surface area contributed by atoms with Crippen molar-refractivity contribution < 1.29 is 15.1 Å². The number of quaternary nitrogens is 1. The van der Waals surface area contributed by atoms with Gasteiger partial charge in [-0.2, -0.15) is 5.10 Å². The Kier molecular flexibility index (Phi) is 5.29. The summed E-state index contributed by atoms with van der Waals surface area (Å²) in [6.45, 7) is 4.20. The second kappa shape index (κ2) is 7.91. The third-order valence-corrected chi connectivity index (χ3v) is 6.35. The number of para-hydroxylation sites is 1. The number of aromatic hydroxyl groups is 1. The molecule has 2 heterocycles. The lowest BCUT2D eigenvalue weighted by molar-refractivity contribution is -0.0222. The molecule has 1 atom stereocenters. The van der Waals surface area contributed by atoms with Gasteiger partial charge in [0, 0.05) is 22.6 Å². The van der Waals surface area contributed by atoms with E-state index in [1.54, 1.807) is 35.8 Å². The maximum Gasteiger partial charge on any atom is 0.214 e. The number of rotatable bonds is 4. The van der Waals surface area contributed by atoms with Gasteiger partial charge in [-0.1, -0.05) is 22.8 Å². The van der Waals surface area contributed by atoms with Gasteiger partial charge in [0.1, 0.15) is 4.88 Å². The van der Waals surface area contributed by atoms with E-state index in [0.717, 1.165) is 26.7 Å². The van der Waals surface area contributed by atoms with Crippen molar-refractivity contribution in [2.24, 2.45) is 10.1 Å². The van der Waals surface area contributed by atoms with E-state index in [2.05, 4.69) is 15.5 Å². The fourth-order valence-corrected chi connectivity index (χ4v) is 4.63. The molecule has 0 spiro atoms. The monoisotopic (exact) mass is 423 g/mol. The number of aryl methyl sites for hydroxylation is 1. The number of hydrogen-bond donors (Lipinski definition) is 3. The molecule has 0 saturated carbocycles. The first-order valence-corrected chi connectivity index (χ1v) is 10.2. The molecule has 0 bridgehead atoms. The summed E-state index contributed by atoms with van der Waals surface area (Å²) >= 11 is 1.58. The molecule has 0 saturated heterocycles. The predicted molar refractivity (Wildman–Crippen MR) is 120 cm³/mol. The molecule has 1 aliphatic heterocycles. The maximum atomic E-state index is 11.5. The minimum absolute atomic E-state index is 0.0495. The number of nitrogens with zero attached hydrogens (tertiary/aromatic N) is 3. The van der Waals surface area contributed by atoms with E-state index in [1.165, 1.54) is 7.11 Å². The van der Waals surface area contributed by atoms with E-state index >= 15 is 0 Å². The van der Waals surface area contributed by atoms with Crippen LogP contribution in [0.2, 0.25) is 0 Å². The maximum absolute atomic E-state index is 11.5. The Morgan fingerprint density at radius 1 is 1.20 bits per heavy atom. The van der Waals surface area contributed by atoms with Crippen molar-refractivity contribution in [3.8, 4) is 11.5 Å². The highest BCUT2D eigenvalue weighted by Gasteiger charge is 2.42. The van der Waals surface area contributed by atoms with Gasteiger partial charge >= 0.3 is 0 Å². The summed E-state index contributed by atoms with van der Waals surface area (Å²) in [5.41, 5.74) is 6.34. The molecule has 7 nitrogen and oxygen atoms in total. The van der Waals surface area contributed by atoms with Crippen LogP contribution in [0.25, 0.3) is 0 Å². The molecule has 0 aliphatic carbocycles. The molecule has 8 heteroatoms. The van der Waals surface area contributed by atoms with Crippen LogP contribution in [-0.2, 0) is 0 Å². The van der Waals surface area contributed by atoms with Crippen LogP contribution in [0.1, 0.15) is 20.9 Å². The number of aliphatic imine (C=N–C) groups is 1. The summed E-state index contributed by atoms with van der Waals surface area (Å²) in [7, 11) is 1.50. The number of hydrazone groups is 1. The lowest BCUT2D eigenvalue weighted by atomic mass is 10.1. The average molecular weight is 424 g/mol. The summed E-state index contributed by atoms with van der Waals surface area (Å²) in [6, 6.07) is 14.6. The van der Waals surface area contributed by atoms with Crippen molar-refractivity contribution in [2.45, 2.75) is 13.8 Å². The van der Waals surface area contributed by atoms with Crippen LogP contribution in [-0.4, -0.2) is 36.1 Å². The van der Waals surface area contributed by atoms with Gasteiger partial charge in [-0.05, 0) is 37.6 Å². The number of benzene rings is 2. The molecule has 0 fully saturated rings. The SMILES string of the molecule is COc1ccc(C=NNC2=NC[N+](O)(c3ccccc3)c3c2sc(C)c3C)cc1O. The van der Waals surface area contributed by atoms with E-state index in [1.807, 2.05) is 44.2 Å². The molecular formula is C22H23N4O3S+. The normalized spacial score (nSPS) is 18.2. The first-order chi connectivity index (χ1) is 14.4. The lowest BCUT2D eigenvalue weighted by Crippen LogP contribution is -2.45. The summed E-state index contributed by atoms with van der Waals surface area (Å²) in [6.07, 6.45) is 1.60. The summed E-state index contributed by atoms with van der Waals surface area (Å²) in [5, 5.41) is 25.7. The molecule has 1 unspecified atom stereocenters. The third kappa shape index (κ3) is 3.45. The summed E-state index contributed by atoms with van der Waals surface area (Å²) in [4.78, 5) is 6.56. The van der Waals surface area contributed by atoms with Gasteiger partial charge in [0.25, 0.3) is 0 Å². The van der Waals surface area contributed by atoms with Crippen molar-refractivity contribution in [1.29, 1.82) is 0 Å². The zero-order chi connectivity index (χ0) is 21.3. The smallest absolute Gasteiger partial charge is 0.214 e. The molecule has 154 valence electrons. The minimum atomic E-state index is -0.367. The molecule has 4 rings (SSSR count). The number of fused-ring (bicyclic) bond motifs is 1. The number of amidine groups is 1. The number of nitrogens with one attached hydrogen (secondary N) is 1. The van der Waals surface area contributed by atoms with Crippen LogP contribution in [0.15, 0.2) is 58.6 Å². The van der Waals surface area contributed by atoms with Gasteiger partial charge in [-0.3, -0.25) is 5.43 Å². The molecule has 1 aliphatic rings. The van der Waals surface area contributed by atoms with Crippen LogP contribution >= 0.6 is 11.3 Å². The van der Waals surface area contributed by atoms with Crippen LogP contribution in [0.4, 0.5) is 11.4 Å². The Morgan fingerprint density at radius 2 is 1.97 bits per heavy atom. The molecular weight excluding hydrogens is 400 g/mol. The molecule has 1 aromatic heterocycles. The van der Waals surface area contributed by atoms with Gasteiger partial charge in [-0.15, -0.1) is 11.3 Å². The number of thiophene rings is 1. The second-order valence-electron chi connectivity index (χ2n) is 7.02. The Bertz CT molecular complexity index is 1140. The number of hydrogen-bond acceptors (Lipinski definition) is 7. The summed E-state index contributed by atoms with van der Waals surface area (Å²) in [5.74, 6) is 1.07. The number of phenols is 1. The number of ether oxygens (including phenoxy) is 1. The number of hydroxylamine groups is 1. The highest BCUT2D eigenvalue weighted by molar-refractivity contribution is 7.15. The largest absolute Gasteiger partial charge is 0.504 e. The van der Waals surface area contributed by atoms with Gasteiger partial charge in [0.2, 0.25) is 6.67 Å². The van der Waals surface area contributed by atoms with Gasteiger partial charge in [-0.25, -0.2) is 10.2 Å². The molecule has 3 N–H and O–H groups in total. The lowest BCUT2D eigenvalue weighted by Gasteiger charge is -2.31. The van der Waals surface area contributed by atoms with Crippen molar-refractivity contribution in [2.75, 3.05) is 13.8 Å². The van der Waals surface area contributed by atoms with Crippen LogP contribution in [0.5, 0.6) is 11.5 Å². The topological polar surface area (TPSA) is 86.4 Å². The average Bonchev–Trinajstić information content (AvgIpc) is 3.06. The number of phenolic OH excluding ortho intramolecular Hbond substituents is 1. The first-order valence-electron chi connectivity index (χ1n) is 9.42. The van der Waals surface area contributed by atoms with E-state index in [-0.39, 0.29) is 17.1 Å². The third-order valence-electron chi connectivity index (χ3n) is 5.14. The zero-order valence-corrected chi connectivity index (χ0v) is 17.8. The van der Waals surface area contributed by atoms with E-state index in [9.17, 15) is 10.3 Å². The Balaban J connectivity index is 1.64. The van der Waals surface area contributed by atoms with Crippen LogP contribution in [0, 0.1) is 13.8 Å². The van der Waals surface area contributed by atoms with Crippen LogP contribution in [0.3, 0.4) is 0 Å². The van der Waals surface area contributed by atoms with E-state index in [4.69, 9.17) is 4.74 Å². The Hall–Kier alpha value is -3.20. The Labute approximate surface area is 178 Å². The van der Waals surface area contributed by atoms with Gasteiger partial charge in [0.15, 0.2) is 28.7 Å². The molecule has 3 aromatic rings. The fraction of sp³-hybridized carbons (Fsp3) is 0.182. The van der Waals surface area contributed by atoms with Crippen molar-refractivity contribution in [3.05, 3.63) is 69.4 Å².